The molecule has 6 heteroatoms. The van der Waals surface area contributed by atoms with Gasteiger partial charge in [-0.05, 0) is 30.5 Å². The van der Waals surface area contributed by atoms with E-state index >= 15 is 0 Å². The maximum Gasteiger partial charge on any atom is 0.317 e. The topological polar surface area (TPSA) is 82.1 Å². The highest BCUT2D eigenvalue weighted by molar-refractivity contribution is 5.91. The molecule has 1 heterocycles. The van der Waals surface area contributed by atoms with E-state index in [1.54, 1.807) is 24.3 Å². The molecule has 1 aliphatic carbocycles. The summed E-state index contributed by atoms with van der Waals surface area (Å²) < 4.78 is 15.5. The van der Waals surface area contributed by atoms with Gasteiger partial charge in [-0.25, -0.2) is 0 Å². The lowest BCUT2D eigenvalue weighted by Gasteiger charge is -2.37. The number of ether oxygens (including phenoxy) is 3. The number of carbonyl (C=O) groups excluding carboxylic acids is 1. The number of rotatable bonds is 3. The van der Waals surface area contributed by atoms with Crippen LogP contribution in [0.4, 0.5) is 0 Å². The Balaban J connectivity index is 2.15. The molecule has 0 aromatic heterocycles. The van der Waals surface area contributed by atoms with Crippen molar-refractivity contribution in [1.29, 1.82) is 0 Å². The Labute approximate surface area is 127 Å². The van der Waals surface area contributed by atoms with Crippen molar-refractivity contribution in [1.82, 2.24) is 0 Å². The Kier molecular flexibility index (Phi) is 3.52. The first-order valence-corrected chi connectivity index (χ1v) is 6.96. The highest BCUT2D eigenvalue weighted by Gasteiger charge is 2.52. The van der Waals surface area contributed by atoms with Crippen molar-refractivity contribution in [3.8, 4) is 11.5 Å². The fourth-order valence-electron chi connectivity index (χ4n) is 3.18. The van der Waals surface area contributed by atoms with Crippen LogP contribution in [0.25, 0.3) is 0 Å². The van der Waals surface area contributed by atoms with Crippen molar-refractivity contribution in [2.45, 2.75) is 18.3 Å². The summed E-state index contributed by atoms with van der Waals surface area (Å²) in [6.45, 7) is 0.117. The van der Waals surface area contributed by atoms with E-state index in [2.05, 4.69) is 0 Å². The number of carbonyl (C=O) groups is 2. The van der Waals surface area contributed by atoms with Gasteiger partial charge in [-0.3, -0.25) is 9.59 Å². The van der Waals surface area contributed by atoms with Gasteiger partial charge in [0.15, 0.2) is 11.5 Å². The van der Waals surface area contributed by atoms with Gasteiger partial charge in [0, 0.05) is 0 Å². The van der Waals surface area contributed by atoms with Crippen molar-refractivity contribution in [3.63, 3.8) is 0 Å². The van der Waals surface area contributed by atoms with Gasteiger partial charge in [0.1, 0.15) is 5.41 Å². The molecule has 0 saturated carbocycles. The number of methoxy groups -OCH3 is 1. The summed E-state index contributed by atoms with van der Waals surface area (Å²) in [6, 6.07) is 5.08. The van der Waals surface area contributed by atoms with Gasteiger partial charge in [0.25, 0.3) is 0 Å². The molecule has 22 heavy (non-hydrogen) atoms. The summed E-state index contributed by atoms with van der Waals surface area (Å²) in [6.07, 6.45) is 4.16. The zero-order chi connectivity index (χ0) is 15.7. The van der Waals surface area contributed by atoms with Crippen LogP contribution in [0.3, 0.4) is 0 Å². The Morgan fingerprint density at radius 2 is 2.05 bits per heavy atom. The summed E-state index contributed by atoms with van der Waals surface area (Å²) in [4.78, 5) is 24.2. The summed E-state index contributed by atoms with van der Waals surface area (Å²) in [5.41, 5.74) is -0.684. The molecule has 3 rings (SSSR count). The molecule has 2 aliphatic rings. The highest BCUT2D eigenvalue weighted by atomic mass is 16.7. The van der Waals surface area contributed by atoms with Crippen LogP contribution in [0.5, 0.6) is 11.5 Å². The number of allylic oxidation sites excluding steroid dienone is 2. The molecule has 116 valence electrons. The second-order valence-corrected chi connectivity index (χ2v) is 5.33. The number of hydrogen-bond donors (Lipinski definition) is 1. The van der Waals surface area contributed by atoms with E-state index in [1.165, 1.54) is 7.11 Å². The van der Waals surface area contributed by atoms with Gasteiger partial charge in [-0.2, -0.15) is 0 Å². The first-order valence-electron chi connectivity index (χ1n) is 6.96. The Hall–Kier alpha value is -2.50. The molecule has 0 amide bonds. The van der Waals surface area contributed by atoms with E-state index in [0.717, 1.165) is 0 Å². The molecule has 0 unspecified atom stereocenters. The number of benzene rings is 1. The van der Waals surface area contributed by atoms with Crippen LogP contribution >= 0.6 is 0 Å². The van der Waals surface area contributed by atoms with Gasteiger partial charge < -0.3 is 19.3 Å². The van der Waals surface area contributed by atoms with Crippen LogP contribution in [0, 0.1) is 5.92 Å². The third-order valence-corrected chi connectivity index (χ3v) is 4.31. The largest absolute Gasteiger partial charge is 0.481 e. The van der Waals surface area contributed by atoms with Crippen LogP contribution in [0.1, 0.15) is 18.4 Å². The lowest BCUT2D eigenvalue weighted by molar-refractivity contribution is -0.158. The standard InChI is InChI=1S/C16H16O6/c1-20-15(19)16(7-3-2-4-11(16)14(17)18)10-5-6-12-13(8-10)22-9-21-12/h2-3,5-6,8,11H,4,7,9H2,1H3,(H,17,18)/t11-,16+/m1/s1. The number of carboxylic acid groups (broad SMARTS) is 1. The smallest absolute Gasteiger partial charge is 0.317 e. The average Bonchev–Trinajstić information content (AvgIpc) is 3.01. The molecule has 1 aromatic carbocycles. The predicted octanol–water partition coefficient (Wildman–Crippen LogP) is 1.88. The summed E-state index contributed by atoms with van der Waals surface area (Å²) >= 11 is 0. The SMILES string of the molecule is COC(=O)[C@]1(c2ccc3c(c2)OCO3)CC=CC[C@@H]1C(=O)O. The van der Waals surface area contributed by atoms with E-state index in [9.17, 15) is 14.7 Å². The minimum atomic E-state index is -1.25. The molecule has 1 aliphatic heterocycles. The van der Waals surface area contributed by atoms with Gasteiger partial charge in [-0.1, -0.05) is 18.2 Å². The number of fused-ring (bicyclic) bond motifs is 1. The van der Waals surface area contributed by atoms with Crippen molar-refractivity contribution < 1.29 is 28.9 Å². The third-order valence-electron chi connectivity index (χ3n) is 4.31. The molecule has 2 atom stereocenters. The molecule has 1 N–H and O–H groups in total. The van der Waals surface area contributed by atoms with Crippen LogP contribution in [0.2, 0.25) is 0 Å². The van der Waals surface area contributed by atoms with Gasteiger partial charge in [0.2, 0.25) is 6.79 Å². The van der Waals surface area contributed by atoms with Gasteiger partial charge in [-0.15, -0.1) is 0 Å². The van der Waals surface area contributed by atoms with E-state index in [4.69, 9.17) is 14.2 Å². The number of carboxylic acids is 1. The number of esters is 1. The fraction of sp³-hybridized carbons (Fsp3) is 0.375. The van der Waals surface area contributed by atoms with Crippen molar-refractivity contribution in [2.24, 2.45) is 5.92 Å². The maximum atomic E-state index is 12.5. The zero-order valence-electron chi connectivity index (χ0n) is 12.1. The molecule has 0 radical (unpaired) electrons. The lowest BCUT2D eigenvalue weighted by atomic mass is 9.64. The minimum Gasteiger partial charge on any atom is -0.481 e. The number of hydrogen-bond acceptors (Lipinski definition) is 5. The first kappa shape index (κ1) is 14.4. The van der Waals surface area contributed by atoms with E-state index in [1.807, 2.05) is 6.08 Å². The van der Waals surface area contributed by atoms with E-state index in [0.29, 0.717) is 17.1 Å². The molecule has 0 fully saturated rings. The fourth-order valence-corrected chi connectivity index (χ4v) is 3.18. The minimum absolute atomic E-state index is 0.117. The Morgan fingerprint density at radius 3 is 2.77 bits per heavy atom. The van der Waals surface area contributed by atoms with Crippen molar-refractivity contribution >= 4 is 11.9 Å². The molecule has 1 aromatic rings. The van der Waals surface area contributed by atoms with Crippen molar-refractivity contribution in [2.75, 3.05) is 13.9 Å². The summed E-state index contributed by atoms with van der Waals surface area (Å²) in [7, 11) is 1.27. The van der Waals surface area contributed by atoms with E-state index < -0.39 is 23.3 Å². The highest BCUT2D eigenvalue weighted by Crippen LogP contribution is 2.45. The molecule has 6 nitrogen and oxygen atoms in total. The van der Waals surface area contributed by atoms with Crippen LogP contribution in [-0.2, 0) is 19.7 Å². The third kappa shape index (κ3) is 2.03. The quantitative estimate of drug-likeness (QED) is 0.678. The Morgan fingerprint density at radius 1 is 1.27 bits per heavy atom. The molecular formula is C16H16O6. The van der Waals surface area contributed by atoms with Gasteiger partial charge >= 0.3 is 11.9 Å². The first-order chi connectivity index (χ1) is 10.6. The Bertz CT molecular complexity index is 650. The van der Waals surface area contributed by atoms with Crippen LogP contribution in [-0.4, -0.2) is 30.9 Å². The average molecular weight is 304 g/mol. The molecule has 0 spiro atoms. The van der Waals surface area contributed by atoms with Crippen molar-refractivity contribution in [3.05, 3.63) is 35.9 Å². The normalized spacial score (nSPS) is 25.8. The second kappa shape index (κ2) is 5.36. The van der Waals surface area contributed by atoms with E-state index in [-0.39, 0.29) is 19.6 Å². The molecule has 0 saturated heterocycles. The van der Waals surface area contributed by atoms with Crippen LogP contribution in [0.15, 0.2) is 30.4 Å². The molecular weight excluding hydrogens is 288 g/mol. The zero-order valence-corrected chi connectivity index (χ0v) is 12.1. The van der Waals surface area contributed by atoms with Crippen LogP contribution < -0.4 is 9.47 Å². The summed E-state index contributed by atoms with van der Waals surface area (Å²) in [5, 5.41) is 9.58. The lowest BCUT2D eigenvalue weighted by Crippen LogP contribution is -2.48. The monoisotopic (exact) mass is 304 g/mol. The second-order valence-electron chi connectivity index (χ2n) is 5.33. The number of aliphatic carboxylic acids is 1. The maximum absolute atomic E-state index is 12.5. The van der Waals surface area contributed by atoms with Gasteiger partial charge in [0.05, 0.1) is 13.0 Å². The summed E-state index contributed by atoms with van der Waals surface area (Å²) in [5.74, 6) is -1.36. The predicted molar refractivity (Wildman–Crippen MR) is 75.8 cm³/mol. The molecule has 0 bridgehead atoms.